The van der Waals surface area contributed by atoms with Gasteiger partial charge in [0.1, 0.15) is 18.2 Å². The summed E-state index contributed by atoms with van der Waals surface area (Å²) in [5, 5.41) is 4.75. The number of hydrogen-bond donors (Lipinski definition) is 0. The number of hydrogen-bond acceptors (Lipinski definition) is 3. The highest BCUT2D eigenvalue weighted by Gasteiger charge is 2.36. The van der Waals surface area contributed by atoms with Crippen LogP contribution in [-0.2, 0) is 12.8 Å². The van der Waals surface area contributed by atoms with Gasteiger partial charge in [-0.3, -0.25) is 0 Å². The summed E-state index contributed by atoms with van der Waals surface area (Å²) in [6, 6.07) is 18.3. The van der Waals surface area contributed by atoms with Crippen LogP contribution in [0.2, 0.25) is 10.0 Å². The van der Waals surface area contributed by atoms with Crippen LogP contribution in [0.3, 0.4) is 0 Å². The van der Waals surface area contributed by atoms with Crippen molar-refractivity contribution in [2.75, 3.05) is 0 Å². The molecule has 0 amide bonds. The first-order valence-corrected chi connectivity index (χ1v) is 11.8. The first-order valence-electron chi connectivity index (χ1n) is 11.0. The van der Waals surface area contributed by atoms with Gasteiger partial charge < -0.3 is 4.74 Å². The molecule has 37 heavy (non-hydrogen) atoms. The maximum atomic E-state index is 14.1. The van der Waals surface area contributed by atoms with E-state index in [1.165, 1.54) is 29.8 Å². The van der Waals surface area contributed by atoms with Crippen LogP contribution in [0.4, 0.5) is 17.6 Å². The summed E-state index contributed by atoms with van der Waals surface area (Å²) in [6.07, 6.45) is -4.64. The number of fused-ring (bicyclic) bond motifs is 1. The second-order valence-corrected chi connectivity index (χ2v) is 9.07. The minimum Gasteiger partial charge on any atom is -0.489 e. The van der Waals surface area contributed by atoms with Crippen molar-refractivity contribution in [1.82, 2.24) is 14.8 Å². The predicted octanol–water partition coefficient (Wildman–Crippen LogP) is 8.44. The third-order valence-electron chi connectivity index (χ3n) is 5.77. The summed E-state index contributed by atoms with van der Waals surface area (Å²) >= 11 is 12.1. The molecule has 3 aromatic carbocycles. The van der Waals surface area contributed by atoms with Crippen molar-refractivity contribution < 1.29 is 22.3 Å². The van der Waals surface area contributed by atoms with Crippen molar-refractivity contribution in [3.63, 3.8) is 0 Å². The molecular weight excluding hydrogens is 529 g/mol. The molecule has 0 spiro atoms. The van der Waals surface area contributed by atoms with E-state index in [0.29, 0.717) is 27.6 Å². The van der Waals surface area contributed by atoms with Gasteiger partial charge in [0.05, 0.1) is 38.1 Å². The van der Waals surface area contributed by atoms with E-state index >= 15 is 0 Å². The fourth-order valence-corrected chi connectivity index (χ4v) is 4.25. The van der Waals surface area contributed by atoms with Crippen LogP contribution >= 0.6 is 23.2 Å². The zero-order valence-corrected chi connectivity index (χ0v) is 20.7. The highest BCUT2D eigenvalue weighted by Crippen LogP contribution is 2.39. The molecule has 0 atom stereocenters. The molecule has 0 radical (unpaired) electrons. The van der Waals surface area contributed by atoms with Crippen molar-refractivity contribution in [2.24, 2.45) is 0 Å². The number of halogens is 6. The van der Waals surface area contributed by atoms with Crippen LogP contribution in [0.25, 0.3) is 28.0 Å². The van der Waals surface area contributed by atoms with Gasteiger partial charge in [-0.25, -0.2) is 14.1 Å². The summed E-state index contributed by atoms with van der Waals surface area (Å²) in [4.78, 5) is 4.54. The Kier molecular flexibility index (Phi) is 6.56. The molecular formula is C27H17Cl2F4N3O. The summed E-state index contributed by atoms with van der Waals surface area (Å²) in [6.45, 7) is 1.51. The quantitative estimate of drug-likeness (QED) is 0.208. The van der Waals surface area contributed by atoms with E-state index in [4.69, 9.17) is 27.9 Å². The lowest BCUT2D eigenvalue weighted by Gasteiger charge is -2.12. The molecule has 0 fully saturated rings. The van der Waals surface area contributed by atoms with E-state index in [9.17, 15) is 17.6 Å². The zero-order chi connectivity index (χ0) is 26.3. The van der Waals surface area contributed by atoms with Gasteiger partial charge in [0, 0.05) is 11.1 Å². The largest absolute Gasteiger partial charge is 0.489 e. The molecule has 2 heterocycles. The molecule has 188 valence electrons. The maximum Gasteiger partial charge on any atom is 0.417 e. The number of benzene rings is 3. The van der Waals surface area contributed by atoms with Gasteiger partial charge in [-0.15, -0.1) is 0 Å². The van der Waals surface area contributed by atoms with Crippen molar-refractivity contribution in [1.29, 1.82) is 0 Å². The van der Waals surface area contributed by atoms with Gasteiger partial charge in [0.15, 0.2) is 5.65 Å². The van der Waals surface area contributed by atoms with Gasteiger partial charge in [-0.1, -0.05) is 41.4 Å². The van der Waals surface area contributed by atoms with Crippen LogP contribution in [0, 0.1) is 12.7 Å². The minimum atomic E-state index is -4.64. The monoisotopic (exact) mass is 545 g/mol. The standard InChI is InChI=1S/C27H17Cl2F4N3O/c1-15-25-20(27(31,32)33)13-24(34-26(25)36(35-15)18-8-11-21(28)22(29)12-18)16-6-9-19(10-7-16)37-14-17-4-2-3-5-23(17)30/h2-13H,14H2,1H3. The number of aryl methyl sites for hydroxylation is 1. The van der Waals surface area contributed by atoms with Gasteiger partial charge in [-0.2, -0.15) is 18.3 Å². The fraction of sp³-hybridized carbons (Fsp3) is 0.111. The molecule has 0 saturated heterocycles. The average Bonchev–Trinajstić information content (AvgIpc) is 3.20. The van der Waals surface area contributed by atoms with E-state index in [1.54, 1.807) is 48.5 Å². The van der Waals surface area contributed by atoms with Gasteiger partial charge in [0.25, 0.3) is 0 Å². The Labute approximate surface area is 219 Å². The minimum absolute atomic E-state index is 0.0105. The Balaban J connectivity index is 1.56. The maximum absolute atomic E-state index is 14.1. The lowest BCUT2D eigenvalue weighted by molar-refractivity contribution is -0.136. The molecule has 0 unspecified atom stereocenters. The molecule has 4 nitrogen and oxygen atoms in total. The topological polar surface area (TPSA) is 39.9 Å². The van der Waals surface area contributed by atoms with E-state index in [1.807, 2.05) is 0 Å². The first-order chi connectivity index (χ1) is 17.6. The lowest BCUT2D eigenvalue weighted by atomic mass is 10.0. The zero-order valence-electron chi connectivity index (χ0n) is 19.2. The first kappa shape index (κ1) is 25.0. The van der Waals surface area contributed by atoms with Crippen molar-refractivity contribution >= 4 is 34.2 Å². The van der Waals surface area contributed by atoms with Crippen LogP contribution in [0.5, 0.6) is 5.75 Å². The molecule has 0 aliphatic carbocycles. The highest BCUT2D eigenvalue weighted by molar-refractivity contribution is 6.42. The van der Waals surface area contributed by atoms with E-state index < -0.39 is 11.7 Å². The second-order valence-electron chi connectivity index (χ2n) is 8.25. The molecule has 2 aromatic heterocycles. The third-order valence-corrected chi connectivity index (χ3v) is 6.51. The van der Waals surface area contributed by atoms with Gasteiger partial charge in [0.2, 0.25) is 0 Å². The fourth-order valence-electron chi connectivity index (χ4n) is 3.96. The summed E-state index contributed by atoms with van der Waals surface area (Å²) in [5.41, 5.74) is 0.689. The molecule has 5 rings (SSSR count). The smallest absolute Gasteiger partial charge is 0.417 e. The second kappa shape index (κ2) is 9.68. The number of pyridine rings is 1. The van der Waals surface area contributed by atoms with E-state index in [0.717, 1.165) is 6.07 Å². The molecule has 0 bridgehead atoms. The molecule has 0 N–H and O–H groups in total. The molecule has 10 heteroatoms. The Morgan fingerprint density at radius 2 is 1.65 bits per heavy atom. The number of aromatic nitrogens is 3. The Morgan fingerprint density at radius 3 is 2.32 bits per heavy atom. The third kappa shape index (κ3) is 4.99. The van der Waals surface area contributed by atoms with Crippen LogP contribution < -0.4 is 4.74 Å². The van der Waals surface area contributed by atoms with Gasteiger partial charge >= 0.3 is 6.18 Å². The van der Waals surface area contributed by atoms with E-state index in [2.05, 4.69) is 10.1 Å². The van der Waals surface area contributed by atoms with Crippen molar-refractivity contribution in [2.45, 2.75) is 19.7 Å². The molecule has 5 aromatic rings. The Morgan fingerprint density at radius 1 is 0.919 bits per heavy atom. The highest BCUT2D eigenvalue weighted by atomic mass is 35.5. The Bertz CT molecular complexity index is 1620. The SMILES string of the molecule is Cc1nn(-c2ccc(Cl)c(Cl)c2)c2nc(-c3ccc(OCc4ccccc4F)cc3)cc(C(F)(F)F)c12. The Hall–Kier alpha value is -3.62. The average molecular weight is 546 g/mol. The number of ether oxygens (including phenoxy) is 1. The molecule has 0 aliphatic rings. The van der Waals surface area contributed by atoms with Gasteiger partial charge in [-0.05, 0) is 61.5 Å². The number of rotatable bonds is 5. The van der Waals surface area contributed by atoms with Crippen molar-refractivity contribution in [3.8, 4) is 22.7 Å². The lowest BCUT2D eigenvalue weighted by Crippen LogP contribution is -2.08. The summed E-state index contributed by atoms with van der Waals surface area (Å²) in [5.74, 6) is 0.0472. The van der Waals surface area contributed by atoms with Crippen LogP contribution in [0.1, 0.15) is 16.8 Å². The molecule has 0 aliphatic heterocycles. The number of alkyl halides is 3. The summed E-state index contributed by atoms with van der Waals surface area (Å²) < 4.78 is 63.2. The predicted molar refractivity (Wildman–Crippen MR) is 135 cm³/mol. The number of nitrogens with zero attached hydrogens (tertiary/aromatic N) is 3. The van der Waals surface area contributed by atoms with Crippen molar-refractivity contribution in [3.05, 3.63) is 105 Å². The molecule has 0 saturated carbocycles. The normalized spacial score (nSPS) is 11.8. The van der Waals surface area contributed by atoms with Crippen LogP contribution in [0.15, 0.2) is 72.8 Å². The van der Waals surface area contributed by atoms with Crippen LogP contribution in [-0.4, -0.2) is 14.8 Å². The van der Waals surface area contributed by atoms with E-state index in [-0.39, 0.29) is 39.9 Å². The summed E-state index contributed by atoms with van der Waals surface area (Å²) in [7, 11) is 0.